The lowest BCUT2D eigenvalue weighted by molar-refractivity contribution is 0.118. The van der Waals surface area contributed by atoms with E-state index >= 15 is 0 Å². The van der Waals surface area contributed by atoms with Crippen molar-refractivity contribution in [3.63, 3.8) is 0 Å². The van der Waals surface area contributed by atoms with Gasteiger partial charge in [-0.3, -0.25) is 0 Å². The van der Waals surface area contributed by atoms with Gasteiger partial charge in [-0.05, 0) is 58.4 Å². The summed E-state index contributed by atoms with van der Waals surface area (Å²) in [4.78, 5) is 11.4. The first-order valence-electron chi connectivity index (χ1n) is 7.64. The molecule has 22 heavy (non-hydrogen) atoms. The minimum absolute atomic E-state index is 0.196. The maximum Gasteiger partial charge on any atom is 0.407 e. The molecular weight excluding hydrogens is 282 g/mol. The molecule has 0 spiro atoms. The monoisotopic (exact) mass is 309 g/mol. The molecular formula is C17H27NO4. The zero-order chi connectivity index (χ0) is 16.6. The van der Waals surface area contributed by atoms with Crippen molar-refractivity contribution in [2.75, 3.05) is 13.2 Å². The molecule has 0 saturated carbocycles. The van der Waals surface area contributed by atoms with Crippen LogP contribution in [0, 0.1) is 0 Å². The second-order valence-electron chi connectivity index (χ2n) is 6.17. The molecule has 0 aliphatic carbocycles. The zero-order valence-corrected chi connectivity index (χ0v) is 14.1. The molecule has 1 atom stereocenters. The number of benzene rings is 1. The molecule has 1 aromatic carbocycles. The fraction of sp³-hybridized carbons (Fsp3) is 0.588. The smallest absolute Gasteiger partial charge is 0.407 e. The molecule has 0 fully saturated rings. The van der Waals surface area contributed by atoms with Gasteiger partial charge in [-0.15, -0.1) is 0 Å². The minimum atomic E-state index is -0.437. The van der Waals surface area contributed by atoms with Crippen molar-refractivity contribution in [2.24, 2.45) is 0 Å². The lowest BCUT2D eigenvalue weighted by atomic mass is 10.1. The van der Waals surface area contributed by atoms with E-state index in [0.29, 0.717) is 6.61 Å². The molecule has 0 radical (unpaired) electrons. The number of carbonyl (C=O) groups is 1. The fourth-order valence-corrected chi connectivity index (χ4v) is 1.57. The third-order valence-electron chi connectivity index (χ3n) is 2.80. The van der Waals surface area contributed by atoms with Crippen molar-refractivity contribution in [3.05, 3.63) is 24.3 Å². The number of carbonyl (C=O) groups excluding carboxylic acids is 1. The second-order valence-corrected chi connectivity index (χ2v) is 6.17. The third kappa shape index (κ3) is 7.76. The van der Waals surface area contributed by atoms with Crippen LogP contribution in [0.5, 0.6) is 11.5 Å². The number of ether oxygens (including phenoxy) is 3. The van der Waals surface area contributed by atoms with Crippen LogP contribution in [0.4, 0.5) is 4.79 Å². The van der Waals surface area contributed by atoms with Gasteiger partial charge >= 0.3 is 6.09 Å². The lowest BCUT2D eigenvalue weighted by Crippen LogP contribution is -2.41. The predicted octanol–water partition coefficient (Wildman–Crippen LogP) is 3.77. The van der Waals surface area contributed by atoms with Gasteiger partial charge < -0.3 is 19.5 Å². The van der Waals surface area contributed by atoms with Gasteiger partial charge in [0.1, 0.15) is 24.7 Å². The fourth-order valence-electron chi connectivity index (χ4n) is 1.57. The highest BCUT2D eigenvalue weighted by Gasteiger charge is 2.14. The van der Waals surface area contributed by atoms with Crippen molar-refractivity contribution < 1.29 is 19.0 Å². The SMILES string of the molecule is CCC(C)Oc1ccc(OCCOC(=O)NC(C)(C)C)cc1. The van der Waals surface area contributed by atoms with Crippen molar-refractivity contribution in [3.8, 4) is 11.5 Å². The van der Waals surface area contributed by atoms with Crippen LogP contribution in [0.15, 0.2) is 24.3 Å². The number of hydrogen-bond donors (Lipinski definition) is 1. The first-order chi connectivity index (χ1) is 10.3. The van der Waals surface area contributed by atoms with E-state index in [1.165, 1.54) is 0 Å². The summed E-state index contributed by atoms with van der Waals surface area (Å²) < 4.78 is 16.2. The number of alkyl carbamates (subject to hydrolysis) is 1. The van der Waals surface area contributed by atoms with Gasteiger partial charge in [0.05, 0.1) is 6.10 Å². The molecule has 5 heteroatoms. The summed E-state index contributed by atoms with van der Waals surface area (Å²) in [5.41, 5.74) is -0.302. The maximum absolute atomic E-state index is 11.4. The Hall–Kier alpha value is -1.91. The number of hydrogen-bond acceptors (Lipinski definition) is 4. The molecule has 5 nitrogen and oxygen atoms in total. The Morgan fingerprint density at radius 2 is 1.73 bits per heavy atom. The summed E-state index contributed by atoms with van der Waals surface area (Å²) >= 11 is 0. The third-order valence-corrected chi connectivity index (χ3v) is 2.80. The largest absolute Gasteiger partial charge is 0.491 e. The van der Waals surface area contributed by atoms with Crippen molar-refractivity contribution in [1.82, 2.24) is 5.32 Å². The second kappa shape index (κ2) is 8.51. The number of nitrogens with one attached hydrogen (secondary N) is 1. The van der Waals surface area contributed by atoms with Crippen LogP contribution in [-0.4, -0.2) is 30.9 Å². The molecule has 0 aromatic heterocycles. The normalized spacial score (nSPS) is 12.4. The summed E-state index contributed by atoms with van der Waals surface area (Å²) in [7, 11) is 0. The average Bonchev–Trinajstić information content (AvgIpc) is 2.43. The molecule has 0 aliphatic heterocycles. The molecule has 1 amide bonds. The standard InChI is InChI=1S/C17H27NO4/c1-6-13(2)22-15-9-7-14(8-10-15)20-11-12-21-16(19)18-17(3,4)5/h7-10,13H,6,11-12H2,1-5H3,(H,18,19). The van der Waals surface area contributed by atoms with Gasteiger partial charge in [-0.2, -0.15) is 0 Å². The summed E-state index contributed by atoms with van der Waals surface area (Å²) in [5.74, 6) is 1.54. The molecule has 1 aromatic rings. The van der Waals surface area contributed by atoms with E-state index in [0.717, 1.165) is 17.9 Å². The van der Waals surface area contributed by atoms with Crippen LogP contribution >= 0.6 is 0 Å². The average molecular weight is 309 g/mol. The molecule has 1 rings (SSSR count). The highest BCUT2D eigenvalue weighted by Crippen LogP contribution is 2.19. The Balaban J connectivity index is 2.26. The topological polar surface area (TPSA) is 56.8 Å². The van der Waals surface area contributed by atoms with E-state index in [1.54, 1.807) is 0 Å². The maximum atomic E-state index is 11.4. The van der Waals surface area contributed by atoms with Gasteiger partial charge in [0.15, 0.2) is 0 Å². The van der Waals surface area contributed by atoms with E-state index in [1.807, 2.05) is 52.0 Å². The van der Waals surface area contributed by atoms with Gasteiger partial charge in [0.2, 0.25) is 0 Å². The van der Waals surface area contributed by atoms with Gasteiger partial charge in [0.25, 0.3) is 0 Å². The Bertz CT molecular complexity index is 451. The Morgan fingerprint density at radius 3 is 2.27 bits per heavy atom. The van der Waals surface area contributed by atoms with Crippen LogP contribution in [0.2, 0.25) is 0 Å². The molecule has 0 aliphatic rings. The molecule has 1 N–H and O–H groups in total. The Labute approximate surface area is 132 Å². The van der Waals surface area contributed by atoms with Crippen LogP contribution in [0.1, 0.15) is 41.0 Å². The van der Waals surface area contributed by atoms with Gasteiger partial charge in [-0.1, -0.05) is 6.92 Å². The van der Waals surface area contributed by atoms with Crippen molar-refractivity contribution in [1.29, 1.82) is 0 Å². The van der Waals surface area contributed by atoms with E-state index in [4.69, 9.17) is 14.2 Å². The molecule has 0 bridgehead atoms. The summed E-state index contributed by atoms with van der Waals surface area (Å²) in [5, 5.41) is 2.72. The predicted molar refractivity (Wildman–Crippen MR) is 86.6 cm³/mol. The summed E-state index contributed by atoms with van der Waals surface area (Å²) in [6, 6.07) is 7.42. The molecule has 0 heterocycles. The molecule has 124 valence electrons. The van der Waals surface area contributed by atoms with Crippen LogP contribution in [-0.2, 0) is 4.74 Å². The Morgan fingerprint density at radius 1 is 1.14 bits per heavy atom. The molecule has 1 unspecified atom stereocenters. The highest BCUT2D eigenvalue weighted by molar-refractivity contribution is 5.68. The first-order valence-corrected chi connectivity index (χ1v) is 7.64. The molecule has 0 saturated heterocycles. The quantitative estimate of drug-likeness (QED) is 0.779. The van der Waals surface area contributed by atoms with Crippen molar-refractivity contribution >= 4 is 6.09 Å². The lowest BCUT2D eigenvalue weighted by Gasteiger charge is -2.19. The van der Waals surface area contributed by atoms with E-state index in [2.05, 4.69) is 12.2 Å². The summed E-state index contributed by atoms with van der Waals surface area (Å²) in [6.45, 7) is 10.3. The number of rotatable bonds is 7. The highest BCUT2D eigenvalue weighted by atomic mass is 16.6. The van der Waals surface area contributed by atoms with Crippen molar-refractivity contribution in [2.45, 2.75) is 52.7 Å². The van der Waals surface area contributed by atoms with E-state index in [-0.39, 0.29) is 18.2 Å². The zero-order valence-electron chi connectivity index (χ0n) is 14.1. The summed E-state index contributed by atoms with van der Waals surface area (Å²) in [6.07, 6.45) is 0.724. The number of amides is 1. The van der Waals surface area contributed by atoms with E-state index < -0.39 is 6.09 Å². The van der Waals surface area contributed by atoms with Gasteiger partial charge in [-0.25, -0.2) is 4.79 Å². The van der Waals surface area contributed by atoms with Crippen LogP contribution in [0.3, 0.4) is 0 Å². The minimum Gasteiger partial charge on any atom is -0.491 e. The van der Waals surface area contributed by atoms with Gasteiger partial charge in [0, 0.05) is 5.54 Å². The van der Waals surface area contributed by atoms with Crippen LogP contribution < -0.4 is 14.8 Å². The first kappa shape index (κ1) is 18.1. The van der Waals surface area contributed by atoms with Crippen LogP contribution in [0.25, 0.3) is 0 Å². The van der Waals surface area contributed by atoms with E-state index in [9.17, 15) is 4.79 Å². The Kier molecular flexibility index (Phi) is 7.02.